The van der Waals surface area contributed by atoms with E-state index in [0.29, 0.717) is 0 Å². The summed E-state index contributed by atoms with van der Waals surface area (Å²) in [5, 5.41) is 7.70. The van der Waals surface area contributed by atoms with Gasteiger partial charge in [-0.3, -0.25) is 0 Å². The van der Waals surface area contributed by atoms with Crippen molar-refractivity contribution in [2.45, 2.75) is 6.54 Å². The minimum absolute atomic E-state index is 0.998. The highest BCUT2D eigenvalue weighted by Gasteiger charge is 1.91. The summed E-state index contributed by atoms with van der Waals surface area (Å²) in [6, 6.07) is 2.16. The fourth-order valence-electron chi connectivity index (χ4n) is 0.937. The molecule has 0 aliphatic heterocycles. The van der Waals surface area contributed by atoms with Crippen LogP contribution in [0.1, 0.15) is 5.56 Å². The van der Waals surface area contributed by atoms with Gasteiger partial charge in [0.2, 0.25) is 0 Å². The van der Waals surface area contributed by atoms with E-state index in [9.17, 15) is 0 Å². The van der Waals surface area contributed by atoms with Gasteiger partial charge < -0.3 is 5.32 Å². The van der Waals surface area contributed by atoms with E-state index in [0.717, 1.165) is 24.6 Å². The first-order valence-corrected chi connectivity index (χ1v) is 6.43. The van der Waals surface area contributed by atoms with Crippen molar-refractivity contribution in [2.75, 3.05) is 18.1 Å². The zero-order valence-electron chi connectivity index (χ0n) is 7.66. The van der Waals surface area contributed by atoms with Crippen molar-refractivity contribution < 1.29 is 0 Å². The molecule has 1 nitrogen and oxygen atoms in total. The first-order valence-electron chi connectivity index (χ1n) is 4.34. The largest absolute Gasteiger partial charge is 0.312 e. The van der Waals surface area contributed by atoms with Crippen LogP contribution in [0.5, 0.6) is 0 Å². The lowest BCUT2D eigenvalue weighted by Gasteiger charge is -2.01. The van der Waals surface area contributed by atoms with Crippen molar-refractivity contribution in [3.8, 4) is 0 Å². The monoisotopic (exact) mass is 213 g/mol. The van der Waals surface area contributed by atoms with E-state index >= 15 is 0 Å². The molecule has 0 aliphatic carbocycles. The first-order chi connectivity index (χ1) is 6.43. The Bertz CT molecular complexity index is 219. The highest BCUT2D eigenvalue weighted by Crippen LogP contribution is 2.05. The topological polar surface area (TPSA) is 12.0 Å². The summed E-state index contributed by atoms with van der Waals surface area (Å²) < 4.78 is 0. The van der Waals surface area contributed by atoms with Crippen molar-refractivity contribution in [1.29, 1.82) is 0 Å². The second-order valence-electron chi connectivity index (χ2n) is 2.67. The second kappa shape index (κ2) is 7.18. The summed E-state index contributed by atoms with van der Waals surface area (Å²) >= 11 is 3.67. The third-order valence-electron chi connectivity index (χ3n) is 1.57. The number of hydrogen-bond acceptors (Lipinski definition) is 3. The Kier molecular flexibility index (Phi) is 5.98. The van der Waals surface area contributed by atoms with Crippen LogP contribution in [0.4, 0.5) is 0 Å². The average molecular weight is 213 g/mol. The van der Waals surface area contributed by atoms with Gasteiger partial charge in [-0.25, -0.2) is 0 Å². The zero-order chi connectivity index (χ0) is 9.36. The summed E-state index contributed by atoms with van der Waals surface area (Å²) in [5.41, 5.74) is 1.39. The summed E-state index contributed by atoms with van der Waals surface area (Å²) in [4.78, 5) is 0. The Morgan fingerprint density at radius 1 is 1.62 bits per heavy atom. The van der Waals surface area contributed by atoms with Crippen LogP contribution < -0.4 is 5.32 Å². The Hall–Kier alpha value is -0.250. The maximum atomic E-state index is 3.68. The Balaban J connectivity index is 1.93. The third kappa shape index (κ3) is 5.13. The van der Waals surface area contributed by atoms with Gasteiger partial charge in [0.05, 0.1) is 0 Å². The fourth-order valence-corrected chi connectivity index (χ4v) is 2.23. The molecule has 0 amide bonds. The summed E-state index contributed by atoms with van der Waals surface area (Å²) in [6.07, 6.45) is 1.95. The van der Waals surface area contributed by atoms with Gasteiger partial charge in [-0.05, 0) is 22.4 Å². The number of nitrogens with one attached hydrogen (secondary N) is 1. The summed E-state index contributed by atoms with van der Waals surface area (Å²) in [5.74, 6) is 2.22. The highest BCUT2D eigenvalue weighted by molar-refractivity contribution is 7.99. The molecule has 0 aliphatic rings. The normalized spacial score (nSPS) is 10.2. The quantitative estimate of drug-likeness (QED) is 0.552. The molecule has 1 aromatic rings. The molecule has 13 heavy (non-hydrogen) atoms. The van der Waals surface area contributed by atoms with E-state index < -0.39 is 0 Å². The molecule has 72 valence electrons. The molecule has 0 fully saturated rings. The smallest absolute Gasteiger partial charge is 0.0214 e. The molecule has 0 radical (unpaired) electrons. The molecule has 0 spiro atoms. The van der Waals surface area contributed by atoms with Crippen LogP contribution in [0.2, 0.25) is 0 Å². The van der Waals surface area contributed by atoms with E-state index in [-0.39, 0.29) is 0 Å². The van der Waals surface area contributed by atoms with E-state index in [1.807, 2.05) is 17.8 Å². The Morgan fingerprint density at radius 2 is 2.54 bits per heavy atom. The van der Waals surface area contributed by atoms with Crippen molar-refractivity contribution in [2.24, 2.45) is 0 Å². The van der Waals surface area contributed by atoms with Crippen molar-refractivity contribution in [3.05, 3.63) is 35.0 Å². The molecule has 0 bridgehead atoms. The highest BCUT2D eigenvalue weighted by atomic mass is 32.2. The summed E-state index contributed by atoms with van der Waals surface area (Å²) in [6.45, 7) is 5.76. The van der Waals surface area contributed by atoms with Gasteiger partial charge in [0.25, 0.3) is 0 Å². The van der Waals surface area contributed by atoms with Gasteiger partial charge in [-0.1, -0.05) is 6.08 Å². The lowest BCUT2D eigenvalue weighted by Crippen LogP contribution is -2.16. The Morgan fingerprint density at radius 3 is 3.23 bits per heavy atom. The molecule has 3 heteroatoms. The SMILES string of the molecule is C=CCSCCNCc1ccsc1. The van der Waals surface area contributed by atoms with Crippen LogP contribution >= 0.6 is 23.1 Å². The third-order valence-corrected chi connectivity index (χ3v) is 3.26. The number of hydrogen-bond donors (Lipinski definition) is 1. The summed E-state index contributed by atoms with van der Waals surface area (Å²) in [7, 11) is 0. The predicted molar refractivity (Wildman–Crippen MR) is 63.5 cm³/mol. The van der Waals surface area contributed by atoms with Gasteiger partial charge in [0, 0.05) is 24.6 Å². The van der Waals surface area contributed by atoms with Crippen molar-refractivity contribution in [1.82, 2.24) is 5.32 Å². The van der Waals surface area contributed by atoms with Crippen LogP contribution in [0.15, 0.2) is 29.5 Å². The predicted octanol–water partition coefficient (Wildman–Crippen LogP) is 2.76. The van der Waals surface area contributed by atoms with Gasteiger partial charge in [0.1, 0.15) is 0 Å². The lowest BCUT2D eigenvalue weighted by atomic mass is 10.3. The maximum absolute atomic E-state index is 3.68. The molecular formula is C10H15NS2. The van der Waals surface area contributed by atoms with Crippen LogP contribution in [0, 0.1) is 0 Å². The molecule has 1 N–H and O–H groups in total. The number of thioether (sulfide) groups is 1. The second-order valence-corrected chi connectivity index (χ2v) is 4.60. The molecular weight excluding hydrogens is 198 g/mol. The van der Waals surface area contributed by atoms with Gasteiger partial charge in [0.15, 0.2) is 0 Å². The molecule has 1 aromatic heterocycles. The minimum atomic E-state index is 0.998. The molecule has 0 aromatic carbocycles. The number of rotatable bonds is 7. The lowest BCUT2D eigenvalue weighted by molar-refractivity contribution is 0.734. The molecule has 0 saturated carbocycles. The van der Waals surface area contributed by atoms with Crippen molar-refractivity contribution >= 4 is 23.1 Å². The van der Waals surface area contributed by atoms with Gasteiger partial charge >= 0.3 is 0 Å². The first kappa shape index (κ1) is 10.8. The van der Waals surface area contributed by atoms with Gasteiger partial charge in [-0.15, -0.1) is 6.58 Å². The molecule has 1 rings (SSSR count). The van der Waals surface area contributed by atoms with Crippen LogP contribution in [0.25, 0.3) is 0 Å². The van der Waals surface area contributed by atoms with Crippen LogP contribution in [0.3, 0.4) is 0 Å². The fraction of sp³-hybridized carbons (Fsp3) is 0.400. The van der Waals surface area contributed by atoms with Gasteiger partial charge in [-0.2, -0.15) is 23.1 Å². The maximum Gasteiger partial charge on any atom is 0.0214 e. The average Bonchev–Trinajstić information content (AvgIpc) is 2.63. The minimum Gasteiger partial charge on any atom is -0.312 e. The number of thiophene rings is 1. The van der Waals surface area contributed by atoms with E-state index in [4.69, 9.17) is 0 Å². The standard InChI is InChI=1S/C10H15NS2/c1-2-5-12-7-4-11-8-10-3-6-13-9-10/h2-3,6,9,11H,1,4-5,7-8H2. The van der Waals surface area contributed by atoms with Crippen molar-refractivity contribution in [3.63, 3.8) is 0 Å². The van der Waals surface area contributed by atoms with E-state index in [2.05, 4.69) is 28.7 Å². The molecule has 0 unspecified atom stereocenters. The van der Waals surface area contributed by atoms with Crippen LogP contribution in [-0.4, -0.2) is 18.1 Å². The zero-order valence-corrected chi connectivity index (χ0v) is 9.29. The molecule has 0 saturated heterocycles. The molecule has 0 atom stereocenters. The Labute approximate surface area is 88.2 Å². The van der Waals surface area contributed by atoms with Crippen LogP contribution in [-0.2, 0) is 6.54 Å². The van der Waals surface area contributed by atoms with E-state index in [1.54, 1.807) is 11.3 Å². The van der Waals surface area contributed by atoms with E-state index in [1.165, 1.54) is 5.56 Å². The molecule has 1 heterocycles.